The summed E-state index contributed by atoms with van der Waals surface area (Å²) in [4.78, 5) is 12.2. The zero-order valence-electron chi connectivity index (χ0n) is 17.4. The van der Waals surface area contributed by atoms with Gasteiger partial charge in [-0.2, -0.15) is 18.3 Å². The Morgan fingerprint density at radius 3 is 2.58 bits per heavy atom. The van der Waals surface area contributed by atoms with Crippen LogP contribution in [-0.4, -0.2) is 32.6 Å². The molecule has 0 saturated heterocycles. The van der Waals surface area contributed by atoms with Crippen LogP contribution >= 0.6 is 27.7 Å². The first kappa shape index (κ1) is 24.7. The van der Waals surface area contributed by atoms with E-state index in [1.807, 2.05) is 35.8 Å². The molecule has 2 aromatic carbocycles. The molecule has 0 radical (unpaired) electrons. The second-order valence-electron chi connectivity index (χ2n) is 7.02. The van der Waals surface area contributed by atoms with E-state index < -0.39 is 17.6 Å². The number of nitrogens with one attached hydrogen (secondary N) is 1. The third kappa shape index (κ3) is 6.78. The van der Waals surface area contributed by atoms with Crippen LogP contribution in [0.4, 0.5) is 13.2 Å². The van der Waals surface area contributed by atoms with Gasteiger partial charge in [-0.1, -0.05) is 70.2 Å². The molecular formula is C22H19BrF3N5OS. The molecule has 1 heterocycles. The second-order valence-corrected chi connectivity index (χ2v) is 8.88. The predicted octanol–water partition coefficient (Wildman–Crippen LogP) is 5.54. The third-order valence-corrected chi connectivity index (χ3v) is 5.73. The first-order valence-electron chi connectivity index (χ1n) is 9.59. The molecule has 3 aromatic rings. The fourth-order valence-electron chi connectivity index (χ4n) is 2.82. The van der Waals surface area contributed by atoms with Gasteiger partial charge in [-0.05, 0) is 25.1 Å². The quantitative estimate of drug-likeness (QED) is 0.177. The third-order valence-electron chi connectivity index (χ3n) is 4.24. The van der Waals surface area contributed by atoms with Gasteiger partial charge in [0, 0.05) is 22.1 Å². The molecule has 0 aliphatic heterocycles. The van der Waals surface area contributed by atoms with Crippen molar-refractivity contribution in [3.63, 3.8) is 0 Å². The molecule has 1 N–H and O–H groups in total. The number of hydrogen-bond donors (Lipinski definition) is 1. The van der Waals surface area contributed by atoms with Crippen LogP contribution in [0.25, 0.3) is 11.4 Å². The number of allylic oxidation sites excluding steroid dienone is 1. The van der Waals surface area contributed by atoms with E-state index in [9.17, 15) is 18.0 Å². The number of nitrogens with zero attached hydrogens (tertiary/aromatic N) is 4. The van der Waals surface area contributed by atoms with Gasteiger partial charge in [0.05, 0.1) is 17.5 Å². The molecule has 0 aliphatic rings. The maximum atomic E-state index is 13.0. The zero-order chi connectivity index (χ0) is 24.0. The van der Waals surface area contributed by atoms with Crippen molar-refractivity contribution in [2.75, 3.05) is 5.75 Å². The monoisotopic (exact) mass is 537 g/mol. The van der Waals surface area contributed by atoms with Crippen molar-refractivity contribution in [2.24, 2.45) is 5.10 Å². The van der Waals surface area contributed by atoms with Crippen LogP contribution in [0.15, 0.2) is 75.4 Å². The van der Waals surface area contributed by atoms with E-state index in [0.29, 0.717) is 17.5 Å². The van der Waals surface area contributed by atoms with Crippen molar-refractivity contribution >= 4 is 39.8 Å². The van der Waals surface area contributed by atoms with Crippen LogP contribution in [0.1, 0.15) is 18.1 Å². The molecule has 6 nitrogen and oxygen atoms in total. The highest BCUT2D eigenvalue weighted by Crippen LogP contribution is 2.31. The highest BCUT2D eigenvalue weighted by molar-refractivity contribution is 9.10. The minimum Gasteiger partial charge on any atom is -0.298 e. The normalized spacial score (nSPS) is 11.7. The smallest absolute Gasteiger partial charge is 0.298 e. The second kappa shape index (κ2) is 10.8. The molecule has 0 bridgehead atoms. The molecule has 172 valence electrons. The summed E-state index contributed by atoms with van der Waals surface area (Å²) in [7, 11) is 0. The number of hydrogen-bond acceptors (Lipinski definition) is 5. The molecule has 0 saturated carbocycles. The molecule has 3 rings (SSSR count). The first-order valence-corrected chi connectivity index (χ1v) is 11.4. The summed E-state index contributed by atoms with van der Waals surface area (Å²) in [6.45, 7) is 6.28. The van der Waals surface area contributed by atoms with Crippen LogP contribution in [0.5, 0.6) is 0 Å². The van der Waals surface area contributed by atoms with E-state index in [4.69, 9.17) is 0 Å². The Morgan fingerprint density at radius 2 is 1.91 bits per heavy atom. The summed E-state index contributed by atoms with van der Waals surface area (Å²) in [5.74, 6) is 0.0957. The Hall–Kier alpha value is -2.92. The number of benzene rings is 2. The first-order chi connectivity index (χ1) is 15.6. The summed E-state index contributed by atoms with van der Waals surface area (Å²) >= 11 is 4.54. The molecule has 0 spiro atoms. The minimum atomic E-state index is -4.51. The molecule has 0 unspecified atom stereocenters. The lowest BCUT2D eigenvalue weighted by Crippen LogP contribution is -2.20. The van der Waals surface area contributed by atoms with E-state index in [1.54, 1.807) is 0 Å². The fraction of sp³-hybridized carbons (Fsp3) is 0.182. The van der Waals surface area contributed by atoms with Crippen molar-refractivity contribution in [1.82, 2.24) is 20.2 Å². The molecule has 0 fully saturated rings. The van der Waals surface area contributed by atoms with Gasteiger partial charge in [0.1, 0.15) is 0 Å². The summed E-state index contributed by atoms with van der Waals surface area (Å²) < 4.78 is 41.9. The maximum Gasteiger partial charge on any atom is 0.417 e. The number of carbonyl (C=O) groups excluding carboxylic acids is 1. The Labute approximate surface area is 201 Å². The average Bonchev–Trinajstić information content (AvgIpc) is 3.14. The molecule has 0 atom stereocenters. The van der Waals surface area contributed by atoms with Gasteiger partial charge in [0.2, 0.25) is 0 Å². The Bertz CT molecular complexity index is 1180. The van der Waals surface area contributed by atoms with E-state index in [-0.39, 0.29) is 11.3 Å². The maximum absolute atomic E-state index is 13.0. The van der Waals surface area contributed by atoms with Gasteiger partial charge in [-0.25, -0.2) is 5.43 Å². The largest absolute Gasteiger partial charge is 0.417 e. The van der Waals surface area contributed by atoms with Crippen LogP contribution < -0.4 is 5.43 Å². The lowest BCUT2D eigenvalue weighted by atomic mass is 10.1. The van der Waals surface area contributed by atoms with Crippen molar-refractivity contribution in [2.45, 2.75) is 24.8 Å². The van der Waals surface area contributed by atoms with Crippen LogP contribution in [0.3, 0.4) is 0 Å². The molecule has 0 aliphatic carbocycles. The van der Waals surface area contributed by atoms with Crippen molar-refractivity contribution in [3.05, 3.63) is 76.3 Å². The summed E-state index contributed by atoms with van der Waals surface area (Å²) in [5, 5.41) is 12.6. The van der Waals surface area contributed by atoms with Crippen molar-refractivity contribution in [3.8, 4) is 11.4 Å². The number of alkyl halides is 3. The van der Waals surface area contributed by atoms with Gasteiger partial charge in [0.25, 0.3) is 5.91 Å². The Balaban J connectivity index is 1.67. The number of aromatic nitrogens is 3. The predicted molar refractivity (Wildman–Crippen MR) is 126 cm³/mol. The number of thioether (sulfide) groups is 1. The SMILES string of the molecule is C=C(C)Cn1c(SCC(=O)NN=Cc2ccccc2C(F)(F)F)nnc1-c1ccc(Br)cc1. The van der Waals surface area contributed by atoms with Crippen LogP contribution in [0, 0.1) is 0 Å². The van der Waals surface area contributed by atoms with Gasteiger partial charge in [-0.15, -0.1) is 10.2 Å². The molecule has 11 heteroatoms. The van der Waals surface area contributed by atoms with Crippen molar-refractivity contribution in [1.29, 1.82) is 0 Å². The molecule has 33 heavy (non-hydrogen) atoms. The standard InChI is InChI=1S/C22H19BrF3N5OS/c1-14(2)12-31-20(15-7-9-17(23)10-8-15)29-30-21(31)33-13-19(32)28-27-11-16-5-3-4-6-18(16)22(24,25)26/h3-11H,1,12-13H2,2H3,(H,28,32). The van der Waals surface area contributed by atoms with E-state index in [0.717, 1.165) is 39.7 Å². The van der Waals surface area contributed by atoms with E-state index in [1.165, 1.54) is 18.2 Å². The number of carbonyl (C=O) groups is 1. The summed E-state index contributed by atoms with van der Waals surface area (Å²) in [6, 6.07) is 12.6. The summed E-state index contributed by atoms with van der Waals surface area (Å²) in [6.07, 6.45) is -3.54. The molecule has 1 aromatic heterocycles. The van der Waals surface area contributed by atoms with E-state index >= 15 is 0 Å². The van der Waals surface area contributed by atoms with Crippen molar-refractivity contribution < 1.29 is 18.0 Å². The lowest BCUT2D eigenvalue weighted by molar-refractivity contribution is -0.137. The van der Waals surface area contributed by atoms with Crippen LogP contribution in [-0.2, 0) is 17.5 Å². The van der Waals surface area contributed by atoms with Gasteiger partial charge in [-0.3, -0.25) is 9.36 Å². The lowest BCUT2D eigenvalue weighted by Gasteiger charge is -2.10. The molecule has 1 amide bonds. The van der Waals surface area contributed by atoms with Gasteiger partial charge in [0.15, 0.2) is 11.0 Å². The van der Waals surface area contributed by atoms with Gasteiger partial charge < -0.3 is 0 Å². The highest BCUT2D eigenvalue weighted by Gasteiger charge is 2.32. The fourth-order valence-corrected chi connectivity index (χ4v) is 3.82. The van der Waals surface area contributed by atoms with Gasteiger partial charge >= 0.3 is 6.18 Å². The number of rotatable bonds is 8. The topological polar surface area (TPSA) is 72.2 Å². The van der Waals surface area contributed by atoms with E-state index in [2.05, 4.69) is 43.2 Å². The highest BCUT2D eigenvalue weighted by atomic mass is 79.9. The van der Waals surface area contributed by atoms with Crippen LogP contribution in [0.2, 0.25) is 0 Å². The Kier molecular flexibility index (Phi) is 8.09. The number of halogens is 4. The minimum absolute atomic E-state index is 0.0487. The Morgan fingerprint density at radius 1 is 1.21 bits per heavy atom. The molecular weight excluding hydrogens is 519 g/mol. The summed E-state index contributed by atoms with van der Waals surface area (Å²) in [5.41, 5.74) is 3.02. The number of hydrazone groups is 1. The number of amides is 1. The zero-order valence-corrected chi connectivity index (χ0v) is 19.8. The average molecular weight is 538 g/mol.